The van der Waals surface area contributed by atoms with E-state index < -0.39 is 0 Å². The summed E-state index contributed by atoms with van der Waals surface area (Å²) in [5.74, 6) is -0.0924. The molecule has 0 aromatic heterocycles. The van der Waals surface area contributed by atoms with Crippen molar-refractivity contribution in [3.05, 3.63) is 0 Å². The fraction of sp³-hybridized carbons (Fsp3) is 0.800. The van der Waals surface area contributed by atoms with Gasteiger partial charge in [-0.15, -0.1) is 0 Å². The largest absolute Gasteiger partial charge is 0.393 e. The summed E-state index contributed by atoms with van der Waals surface area (Å²) in [6.45, 7) is 4.74. The zero-order chi connectivity index (χ0) is 11.5. The summed E-state index contributed by atoms with van der Waals surface area (Å²) < 4.78 is 5.56. The van der Waals surface area contributed by atoms with E-state index in [9.17, 15) is 4.79 Å². The highest BCUT2D eigenvalue weighted by Crippen LogP contribution is 2.23. The molecule has 0 bridgehead atoms. The maximum atomic E-state index is 11.4. The van der Waals surface area contributed by atoms with E-state index in [4.69, 9.17) is 10.5 Å². The van der Waals surface area contributed by atoms with E-state index in [0.717, 1.165) is 12.8 Å². The average Bonchev–Trinajstić information content (AvgIpc) is 1.99. The van der Waals surface area contributed by atoms with Crippen LogP contribution < -0.4 is 11.1 Å². The number of nitrogens with one attached hydrogen (secondary N) is 1. The summed E-state index contributed by atoms with van der Waals surface area (Å²) in [4.78, 5) is 11.6. The Kier molecular flexibility index (Phi) is 4.04. The summed E-state index contributed by atoms with van der Waals surface area (Å²) in [6, 6.07) is 0.176. The predicted octanol–water partition coefficient (Wildman–Crippen LogP) is 0.736. The smallest absolute Gasteiger partial charge is 0.227 e. The lowest BCUT2D eigenvalue weighted by molar-refractivity contribution is -0.122. The Labute approximate surface area is 95.5 Å². The molecule has 0 radical (unpaired) electrons. The van der Waals surface area contributed by atoms with Gasteiger partial charge < -0.3 is 15.8 Å². The maximum Gasteiger partial charge on any atom is 0.227 e. The van der Waals surface area contributed by atoms with Crippen molar-refractivity contribution < 1.29 is 9.53 Å². The monoisotopic (exact) mass is 230 g/mol. The molecule has 0 aromatic carbocycles. The molecule has 86 valence electrons. The Morgan fingerprint density at radius 1 is 1.67 bits per heavy atom. The first-order valence-electron chi connectivity index (χ1n) is 5.11. The quantitative estimate of drug-likeness (QED) is 0.702. The highest BCUT2D eigenvalue weighted by molar-refractivity contribution is 7.80. The lowest BCUT2D eigenvalue weighted by atomic mass is 9.94. The minimum atomic E-state index is -0.153. The minimum Gasteiger partial charge on any atom is -0.393 e. The number of thiocarbonyl (C=S) groups is 1. The fourth-order valence-electron chi connectivity index (χ4n) is 1.79. The molecule has 0 aromatic rings. The van der Waals surface area contributed by atoms with Crippen LogP contribution >= 0.6 is 12.2 Å². The first-order chi connectivity index (χ1) is 6.89. The van der Waals surface area contributed by atoms with Crippen molar-refractivity contribution in [2.45, 2.75) is 44.8 Å². The molecule has 0 saturated carbocycles. The number of hydrogen-bond donors (Lipinski definition) is 2. The van der Waals surface area contributed by atoms with Crippen molar-refractivity contribution in [2.75, 3.05) is 6.61 Å². The van der Waals surface area contributed by atoms with Gasteiger partial charge in [0.1, 0.15) is 0 Å². The first-order valence-corrected chi connectivity index (χ1v) is 5.51. The third kappa shape index (κ3) is 4.57. The molecule has 0 spiro atoms. The molecular formula is C10H18N2O2S. The van der Waals surface area contributed by atoms with Gasteiger partial charge in [0.15, 0.2) is 0 Å². The van der Waals surface area contributed by atoms with E-state index in [1.165, 1.54) is 0 Å². The fourth-order valence-corrected chi connectivity index (χ4v) is 1.92. The van der Waals surface area contributed by atoms with Gasteiger partial charge in [-0.3, -0.25) is 4.79 Å². The van der Waals surface area contributed by atoms with Crippen molar-refractivity contribution in [1.82, 2.24) is 5.32 Å². The third-order valence-corrected chi connectivity index (χ3v) is 2.54. The van der Waals surface area contributed by atoms with E-state index >= 15 is 0 Å². The molecule has 15 heavy (non-hydrogen) atoms. The van der Waals surface area contributed by atoms with Crippen LogP contribution in [0.25, 0.3) is 0 Å². The van der Waals surface area contributed by atoms with Crippen molar-refractivity contribution in [3.8, 4) is 0 Å². The number of nitrogens with two attached hydrogens (primary N) is 1. The van der Waals surface area contributed by atoms with E-state index in [1.807, 2.05) is 13.8 Å². The second-order valence-electron chi connectivity index (χ2n) is 4.51. The van der Waals surface area contributed by atoms with E-state index in [1.54, 1.807) is 0 Å². The van der Waals surface area contributed by atoms with E-state index in [0.29, 0.717) is 6.61 Å². The topological polar surface area (TPSA) is 64.4 Å². The summed E-state index contributed by atoms with van der Waals surface area (Å²) >= 11 is 4.68. The number of carbonyl (C=O) groups is 1. The second kappa shape index (κ2) is 4.90. The van der Waals surface area contributed by atoms with E-state index in [-0.39, 0.29) is 29.0 Å². The van der Waals surface area contributed by atoms with Crippen LogP contribution in [-0.2, 0) is 9.53 Å². The van der Waals surface area contributed by atoms with Gasteiger partial charge in [-0.25, -0.2) is 0 Å². The summed E-state index contributed by atoms with van der Waals surface area (Å²) in [6.07, 6.45) is 1.82. The molecule has 4 nitrogen and oxygen atoms in total. The van der Waals surface area contributed by atoms with Gasteiger partial charge in [0.2, 0.25) is 5.91 Å². The standard InChI is InChI=1S/C10H18N2O2S/c1-10(2)6-7(3-4-14-10)12-9(13)5-8(11)15/h7H,3-6H2,1-2H3,(H2,11,15)(H,12,13). The third-order valence-electron chi connectivity index (χ3n) is 2.40. The van der Waals surface area contributed by atoms with Crippen LogP contribution in [0.3, 0.4) is 0 Å². The molecule has 1 aliphatic heterocycles. The first kappa shape index (κ1) is 12.4. The number of carbonyl (C=O) groups excluding carboxylic acids is 1. The molecule has 0 aliphatic carbocycles. The Bertz CT molecular complexity index is 266. The van der Waals surface area contributed by atoms with Crippen molar-refractivity contribution in [2.24, 2.45) is 5.73 Å². The van der Waals surface area contributed by atoms with Crippen LogP contribution in [0.4, 0.5) is 0 Å². The molecule has 1 saturated heterocycles. The molecule has 1 atom stereocenters. The van der Waals surface area contributed by atoms with Gasteiger partial charge in [-0.1, -0.05) is 12.2 Å². The van der Waals surface area contributed by atoms with Crippen LogP contribution in [0.1, 0.15) is 33.1 Å². The zero-order valence-corrected chi connectivity index (χ0v) is 10.0. The summed E-state index contributed by atoms with van der Waals surface area (Å²) in [5.41, 5.74) is 5.14. The van der Waals surface area contributed by atoms with Crippen LogP contribution in [-0.4, -0.2) is 29.1 Å². The highest BCUT2D eigenvalue weighted by Gasteiger charge is 2.29. The molecule has 1 heterocycles. The molecule has 1 aliphatic rings. The normalized spacial score (nSPS) is 24.5. The number of hydrogen-bond acceptors (Lipinski definition) is 3. The predicted molar refractivity (Wildman–Crippen MR) is 62.6 cm³/mol. The number of rotatable bonds is 3. The lowest BCUT2D eigenvalue weighted by Crippen LogP contribution is -2.46. The van der Waals surface area contributed by atoms with Gasteiger partial charge in [0, 0.05) is 12.6 Å². The van der Waals surface area contributed by atoms with Crippen LogP contribution in [0, 0.1) is 0 Å². The van der Waals surface area contributed by atoms with Gasteiger partial charge in [0.25, 0.3) is 0 Å². The van der Waals surface area contributed by atoms with Crippen LogP contribution in [0.5, 0.6) is 0 Å². The zero-order valence-electron chi connectivity index (χ0n) is 9.21. The Morgan fingerprint density at radius 3 is 2.87 bits per heavy atom. The van der Waals surface area contributed by atoms with Crippen molar-refractivity contribution >= 4 is 23.1 Å². The van der Waals surface area contributed by atoms with Gasteiger partial charge in [-0.05, 0) is 26.7 Å². The Morgan fingerprint density at radius 2 is 2.33 bits per heavy atom. The molecule has 3 N–H and O–H groups in total. The minimum absolute atomic E-state index is 0.0924. The van der Waals surface area contributed by atoms with E-state index in [2.05, 4.69) is 17.5 Å². The SMILES string of the molecule is CC1(C)CC(NC(=O)CC(N)=S)CCO1. The van der Waals surface area contributed by atoms with Gasteiger partial charge in [-0.2, -0.15) is 0 Å². The molecule has 1 unspecified atom stereocenters. The molecular weight excluding hydrogens is 212 g/mol. The number of ether oxygens (including phenoxy) is 1. The van der Waals surface area contributed by atoms with Gasteiger partial charge in [0.05, 0.1) is 17.0 Å². The summed E-state index contributed by atoms with van der Waals surface area (Å²) in [7, 11) is 0. The van der Waals surface area contributed by atoms with Crippen molar-refractivity contribution in [3.63, 3.8) is 0 Å². The lowest BCUT2D eigenvalue weighted by Gasteiger charge is -2.35. The maximum absolute atomic E-state index is 11.4. The highest BCUT2D eigenvalue weighted by atomic mass is 32.1. The average molecular weight is 230 g/mol. The van der Waals surface area contributed by atoms with Crippen LogP contribution in [0.2, 0.25) is 0 Å². The molecule has 1 fully saturated rings. The van der Waals surface area contributed by atoms with Crippen molar-refractivity contribution in [1.29, 1.82) is 0 Å². The Balaban J connectivity index is 2.38. The van der Waals surface area contributed by atoms with Gasteiger partial charge >= 0.3 is 0 Å². The molecule has 5 heteroatoms. The molecule has 1 rings (SSSR count). The Hall–Kier alpha value is -0.680. The summed E-state index contributed by atoms with van der Waals surface area (Å²) in [5, 5.41) is 2.92. The molecule has 1 amide bonds. The number of amides is 1. The van der Waals surface area contributed by atoms with Crippen LogP contribution in [0.15, 0.2) is 0 Å². The second-order valence-corrected chi connectivity index (χ2v) is 5.03.